The SMILES string of the molecule is CCCCCn1c(SCC(C)(C)O)nc2sc3c(c2c1=O)CCCC3. The van der Waals surface area contributed by atoms with Crippen LogP contribution in [-0.4, -0.2) is 26.0 Å². The van der Waals surface area contributed by atoms with E-state index in [-0.39, 0.29) is 5.56 Å². The fraction of sp³-hybridized carbons (Fsp3) is 0.684. The molecule has 25 heavy (non-hydrogen) atoms. The van der Waals surface area contributed by atoms with Gasteiger partial charge in [-0.3, -0.25) is 9.36 Å². The Balaban J connectivity index is 2.05. The van der Waals surface area contributed by atoms with Crippen LogP contribution < -0.4 is 5.56 Å². The average molecular weight is 381 g/mol. The molecule has 2 aromatic rings. The molecule has 138 valence electrons. The summed E-state index contributed by atoms with van der Waals surface area (Å²) in [6, 6.07) is 0. The summed E-state index contributed by atoms with van der Waals surface area (Å²) >= 11 is 3.19. The molecule has 0 amide bonds. The lowest BCUT2D eigenvalue weighted by molar-refractivity contribution is 0.107. The van der Waals surface area contributed by atoms with Gasteiger partial charge in [-0.15, -0.1) is 11.3 Å². The lowest BCUT2D eigenvalue weighted by Crippen LogP contribution is -2.26. The van der Waals surface area contributed by atoms with E-state index in [0.717, 1.165) is 47.5 Å². The molecule has 0 saturated carbocycles. The van der Waals surface area contributed by atoms with Crippen LogP contribution in [0.3, 0.4) is 0 Å². The van der Waals surface area contributed by atoms with Crippen LogP contribution >= 0.6 is 23.1 Å². The maximum Gasteiger partial charge on any atom is 0.263 e. The highest BCUT2D eigenvalue weighted by atomic mass is 32.2. The van der Waals surface area contributed by atoms with E-state index >= 15 is 0 Å². The molecule has 0 atom stereocenters. The number of unbranched alkanes of at least 4 members (excludes halogenated alkanes) is 2. The number of thiophene rings is 1. The van der Waals surface area contributed by atoms with E-state index in [1.807, 2.05) is 4.57 Å². The molecule has 2 heterocycles. The van der Waals surface area contributed by atoms with Crippen molar-refractivity contribution < 1.29 is 5.11 Å². The molecule has 0 bridgehead atoms. The van der Waals surface area contributed by atoms with Crippen LogP contribution in [0.2, 0.25) is 0 Å². The summed E-state index contributed by atoms with van der Waals surface area (Å²) in [6.45, 7) is 6.47. The van der Waals surface area contributed by atoms with Crippen LogP contribution in [0.4, 0.5) is 0 Å². The van der Waals surface area contributed by atoms with Crippen molar-refractivity contribution in [2.45, 2.75) is 83.0 Å². The van der Waals surface area contributed by atoms with Gasteiger partial charge in [-0.1, -0.05) is 31.5 Å². The zero-order valence-electron chi connectivity index (χ0n) is 15.4. The Morgan fingerprint density at radius 1 is 1.28 bits per heavy atom. The molecule has 0 spiro atoms. The van der Waals surface area contributed by atoms with Gasteiger partial charge in [0.05, 0.1) is 11.0 Å². The Morgan fingerprint density at radius 3 is 2.76 bits per heavy atom. The number of thioether (sulfide) groups is 1. The molecule has 1 aliphatic carbocycles. The van der Waals surface area contributed by atoms with Gasteiger partial charge in [0.2, 0.25) is 0 Å². The molecule has 0 unspecified atom stereocenters. The Kier molecular flexibility index (Phi) is 5.91. The molecular weight excluding hydrogens is 352 g/mol. The summed E-state index contributed by atoms with van der Waals surface area (Å²) in [4.78, 5) is 20.4. The molecule has 4 nitrogen and oxygen atoms in total. The van der Waals surface area contributed by atoms with Crippen LogP contribution in [0, 0.1) is 0 Å². The number of hydrogen-bond donors (Lipinski definition) is 1. The average Bonchev–Trinajstić information content (AvgIpc) is 2.93. The van der Waals surface area contributed by atoms with Crippen molar-refractivity contribution in [2.24, 2.45) is 0 Å². The van der Waals surface area contributed by atoms with Crippen LogP contribution in [0.25, 0.3) is 10.2 Å². The smallest absolute Gasteiger partial charge is 0.263 e. The van der Waals surface area contributed by atoms with Crippen LogP contribution in [0.15, 0.2) is 9.95 Å². The van der Waals surface area contributed by atoms with Crippen molar-refractivity contribution in [1.29, 1.82) is 0 Å². The van der Waals surface area contributed by atoms with Gasteiger partial charge >= 0.3 is 0 Å². The molecule has 0 fully saturated rings. The number of aromatic nitrogens is 2. The Labute approximate surface area is 157 Å². The molecule has 6 heteroatoms. The van der Waals surface area contributed by atoms with Gasteiger partial charge in [0.1, 0.15) is 4.83 Å². The van der Waals surface area contributed by atoms with Crippen LogP contribution in [0.5, 0.6) is 0 Å². The first-order chi connectivity index (χ1) is 11.9. The predicted molar refractivity (Wildman–Crippen MR) is 107 cm³/mol. The third kappa shape index (κ3) is 4.29. The van der Waals surface area contributed by atoms with Crippen molar-refractivity contribution in [3.63, 3.8) is 0 Å². The van der Waals surface area contributed by atoms with E-state index in [1.165, 1.54) is 35.0 Å². The monoisotopic (exact) mass is 380 g/mol. The van der Waals surface area contributed by atoms with Crippen molar-refractivity contribution in [1.82, 2.24) is 9.55 Å². The molecule has 2 aromatic heterocycles. The van der Waals surface area contributed by atoms with Crippen molar-refractivity contribution >= 4 is 33.3 Å². The first-order valence-corrected chi connectivity index (χ1v) is 11.1. The van der Waals surface area contributed by atoms with E-state index < -0.39 is 5.60 Å². The zero-order chi connectivity index (χ0) is 18.0. The third-order valence-electron chi connectivity index (χ3n) is 4.58. The maximum absolute atomic E-state index is 13.3. The molecule has 3 rings (SSSR count). The topological polar surface area (TPSA) is 55.1 Å². The third-order valence-corrected chi connectivity index (χ3v) is 7.19. The Morgan fingerprint density at radius 2 is 2.04 bits per heavy atom. The quantitative estimate of drug-likeness (QED) is 0.440. The second-order valence-electron chi connectivity index (χ2n) is 7.55. The Hall–Kier alpha value is -0.850. The first kappa shape index (κ1) is 18.9. The minimum Gasteiger partial charge on any atom is -0.390 e. The zero-order valence-corrected chi connectivity index (χ0v) is 17.1. The first-order valence-electron chi connectivity index (χ1n) is 9.31. The summed E-state index contributed by atoms with van der Waals surface area (Å²) in [5.74, 6) is 0.532. The highest BCUT2D eigenvalue weighted by molar-refractivity contribution is 7.99. The molecule has 0 aliphatic heterocycles. The van der Waals surface area contributed by atoms with E-state index in [2.05, 4.69) is 6.92 Å². The molecular formula is C19H28N2O2S2. The van der Waals surface area contributed by atoms with E-state index in [1.54, 1.807) is 25.2 Å². The lowest BCUT2D eigenvalue weighted by atomic mass is 9.97. The summed E-state index contributed by atoms with van der Waals surface area (Å²) in [7, 11) is 0. The molecule has 0 radical (unpaired) electrons. The highest BCUT2D eigenvalue weighted by Crippen LogP contribution is 2.35. The highest BCUT2D eigenvalue weighted by Gasteiger charge is 2.23. The fourth-order valence-electron chi connectivity index (χ4n) is 3.29. The van der Waals surface area contributed by atoms with Crippen molar-refractivity contribution in [3.8, 4) is 0 Å². The van der Waals surface area contributed by atoms with Gasteiger partial charge in [0, 0.05) is 17.2 Å². The van der Waals surface area contributed by atoms with Crippen LogP contribution in [0.1, 0.15) is 63.3 Å². The van der Waals surface area contributed by atoms with E-state index in [4.69, 9.17) is 4.98 Å². The van der Waals surface area contributed by atoms with Gasteiger partial charge in [-0.2, -0.15) is 0 Å². The number of fused-ring (bicyclic) bond motifs is 3. The van der Waals surface area contributed by atoms with Gasteiger partial charge in [-0.05, 0) is 51.5 Å². The standard InChI is InChI=1S/C19H28N2O2S2/c1-4-5-8-11-21-17(22)15-13-9-6-7-10-14(13)25-16(15)20-18(21)24-12-19(2,3)23/h23H,4-12H2,1-3H3. The van der Waals surface area contributed by atoms with E-state index in [0.29, 0.717) is 12.3 Å². The minimum atomic E-state index is -0.777. The van der Waals surface area contributed by atoms with Gasteiger partial charge in [-0.25, -0.2) is 4.98 Å². The normalized spacial score (nSPS) is 14.9. The molecule has 0 saturated heterocycles. The largest absolute Gasteiger partial charge is 0.390 e. The van der Waals surface area contributed by atoms with Crippen LogP contribution in [-0.2, 0) is 19.4 Å². The number of hydrogen-bond acceptors (Lipinski definition) is 5. The summed E-state index contributed by atoms with van der Waals surface area (Å²) in [5.41, 5.74) is 0.603. The summed E-state index contributed by atoms with van der Waals surface area (Å²) < 4.78 is 1.86. The second-order valence-corrected chi connectivity index (χ2v) is 9.58. The van der Waals surface area contributed by atoms with Crippen molar-refractivity contribution in [2.75, 3.05) is 5.75 Å². The van der Waals surface area contributed by atoms with Crippen molar-refractivity contribution in [3.05, 3.63) is 20.8 Å². The van der Waals surface area contributed by atoms with Gasteiger partial charge in [0.15, 0.2) is 5.16 Å². The fourth-order valence-corrected chi connectivity index (χ4v) is 5.57. The summed E-state index contributed by atoms with van der Waals surface area (Å²) in [6.07, 6.45) is 7.71. The predicted octanol–water partition coefficient (Wildman–Crippen LogP) is 4.39. The number of aryl methyl sites for hydroxylation is 2. The van der Waals surface area contributed by atoms with Gasteiger partial charge in [0.25, 0.3) is 5.56 Å². The summed E-state index contributed by atoms with van der Waals surface area (Å²) in [5, 5.41) is 11.7. The number of aliphatic hydroxyl groups is 1. The molecule has 1 N–H and O–H groups in total. The van der Waals surface area contributed by atoms with E-state index in [9.17, 15) is 9.90 Å². The number of nitrogens with zero attached hydrogens (tertiary/aromatic N) is 2. The minimum absolute atomic E-state index is 0.124. The lowest BCUT2D eigenvalue weighted by Gasteiger charge is -2.18. The molecule has 0 aromatic carbocycles. The maximum atomic E-state index is 13.3. The molecule has 1 aliphatic rings. The van der Waals surface area contributed by atoms with Gasteiger partial charge < -0.3 is 5.11 Å². The Bertz CT molecular complexity index is 802. The number of rotatable bonds is 7. The second kappa shape index (κ2) is 7.80.